The fourth-order valence-corrected chi connectivity index (χ4v) is 5.45. The normalized spacial score (nSPS) is 16.1. The summed E-state index contributed by atoms with van der Waals surface area (Å²) in [6.07, 6.45) is 2.34. The molecule has 4 aromatic rings. The van der Waals surface area contributed by atoms with Gasteiger partial charge in [0.25, 0.3) is 0 Å². The van der Waals surface area contributed by atoms with Gasteiger partial charge in [0, 0.05) is 29.6 Å². The van der Waals surface area contributed by atoms with E-state index in [1.54, 1.807) is 48.5 Å². The number of nitrogens with one attached hydrogen (secondary N) is 3. The van der Waals surface area contributed by atoms with E-state index >= 15 is 4.39 Å². The Hall–Kier alpha value is -4.25. The van der Waals surface area contributed by atoms with Crippen LogP contribution in [0.3, 0.4) is 0 Å². The lowest BCUT2D eigenvalue weighted by Gasteiger charge is -2.33. The molecule has 0 aliphatic carbocycles. The second kappa shape index (κ2) is 9.66. The van der Waals surface area contributed by atoms with Gasteiger partial charge < -0.3 is 10.2 Å². The number of rotatable bonds is 6. The number of nitrogens with zero attached hydrogens (tertiary/aromatic N) is 2. The first kappa shape index (κ1) is 24.4. The summed E-state index contributed by atoms with van der Waals surface area (Å²) in [5.74, 6) is -0.503. The lowest BCUT2D eigenvalue weighted by Crippen LogP contribution is -2.48. The Morgan fingerprint density at radius 2 is 1.84 bits per heavy atom. The molecule has 5 rings (SSSR count). The van der Waals surface area contributed by atoms with Crippen molar-refractivity contribution < 1.29 is 17.6 Å². The lowest BCUT2D eigenvalue weighted by atomic mass is 10.0. The number of piperidine rings is 1. The fourth-order valence-electron chi connectivity index (χ4n) is 4.53. The molecule has 1 amide bonds. The van der Waals surface area contributed by atoms with Crippen LogP contribution in [0.2, 0.25) is 0 Å². The predicted octanol–water partition coefficient (Wildman–Crippen LogP) is 3.58. The molecular formula is C26H24FN5O4S. The summed E-state index contributed by atoms with van der Waals surface area (Å²) >= 11 is 0. The van der Waals surface area contributed by atoms with E-state index in [1.165, 1.54) is 23.1 Å². The van der Waals surface area contributed by atoms with Crippen molar-refractivity contribution in [3.05, 3.63) is 83.0 Å². The van der Waals surface area contributed by atoms with Crippen LogP contribution in [0, 0.1) is 5.82 Å². The molecule has 1 fully saturated rings. The second-order valence-electron chi connectivity index (χ2n) is 8.87. The molecular weight excluding hydrogens is 497 g/mol. The number of anilines is 2. The summed E-state index contributed by atoms with van der Waals surface area (Å²) in [6.45, 7) is 0.363. The first-order valence-electron chi connectivity index (χ1n) is 11.6. The van der Waals surface area contributed by atoms with Crippen molar-refractivity contribution in [3.63, 3.8) is 0 Å². The Morgan fingerprint density at radius 3 is 2.57 bits per heavy atom. The summed E-state index contributed by atoms with van der Waals surface area (Å²) < 4.78 is 39.7. The number of halogens is 1. The van der Waals surface area contributed by atoms with Gasteiger partial charge in [0.15, 0.2) is 15.7 Å². The predicted molar refractivity (Wildman–Crippen MR) is 139 cm³/mol. The Labute approximate surface area is 212 Å². The molecule has 1 aliphatic heterocycles. The summed E-state index contributed by atoms with van der Waals surface area (Å²) in [4.78, 5) is 28.8. The minimum absolute atomic E-state index is 0.113. The van der Waals surface area contributed by atoms with Crippen molar-refractivity contribution in [1.29, 1.82) is 0 Å². The van der Waals surface area contributed by atoms with E-state index in [9.17, 15) is 18.0 Å². The number of hydrogen-bond donors (Lipinski definition) is 3. The van der Waals surface area contributed by atoms with Crippen molar-refractivity contribution in [2.24, 2.45) is 0 Å². The molecule has 37 heavy (non-hydrogen) atoms. The average Bonchev–Trinajstić information content (AvgIpc) is 3.31. The van der Waals surface area contributed by atoms with Crippen molar-refractivity contribution in [1.82, 2.24) is 15.2 Å². The lowest BCUT2D eigenvalue weighted by molar-refractivity contribution is -0.120. The molecule has 0 radical (unpaired) electrons. The first-order chi connectivity index (χ1) is 17.7. The molecule has 0 bridgehead atoms. The van der Waals surface area contributed by atoms with Gasteiger partial charge in [-0.1, -0.05) is 36.4 Å². The molecule has 1 aromatic heterocycles. The average molecular weight is 522 g/mol. The molecule has 1 saturated heterocycles. The summed E-state index contributed by atoms with van der Waals surface area (Å²) in [7, 11) is -3.51. The van der Waals surface area contributed by atoms with Gasteiger partial charge in [-0.25, -0.2) is 22.7 Å². The van der Waals surface area contributed by atoms with Gasteiger partial charge in [0.1, 0.15) is 11.9 Å². The van der Waals surface area contributed by atoms with Gasteiger partial charge in [-0.05, 0) is 48.7 Å². The van der Waals surface area contributed by atoms with E-state index in [1.807, 2.05) is 0 Å². The molecule has 1 atom stereocenters. The molecule has 9 nitrogen and oxygen atoms in total. The molecule has 190 valence electrons. The van der Waals surface area contributed by atoms with Crippen LogP contribution in [0.5, 0.6) is 0 Å². The van der Waals surface area contributed by atoms with Gasteiger partial charge in [0.2, 0.25) is 5.91 Å². The zero-order valence-corrected chi connectivity index (χ0v) is 20.7. The van der Waals surface area contributed by atoms with Crippen LogP contribution in [-0.4, -0.2) is 48.3 Å². The van der Waals surface area contributed by atoms with Crippen molar-refractivity contribution in [3.8, 4) is 22.5 Å². The molecule has 0 spiro atoms. The molecule has 3 N–H and O–H groups in total. The Morgan fingerprint density at radius 1 is 1.03 bits per heavy atom. The summed E-state index contributed by atoms with van der Waals surface area (Å²) in [5.41, 5.74) is 1.86. The van der Waals surface area contributed by atoms with E-state index in [2.05, 4.69) is 20.5 Å². The molecule has 2 heterocycles. The summed E-state index contributed by atoms with van der Waals surface area (Å²) in [5, 5.41) is 9.47. The van der Waals surface area contributed by atoms with E-state index in [4.69, 9.17) is 0 Å². The first-order valence-corrected chi connectivity index (χ1v) is 13.5. The van der Waals surface area contributed by atoms with Crippen LogP contribution < -0.4 is 15.9 Å². The second-order valence-corrected chi connectivity index (χ2v) is 10.9. The maximum atomic E-state index is 15.3. The van der Waals surface area contributed by atoms with Crippen molar-refractivity contribution in [2.75, 3.05) is 23.0 Å². The molecule has 1 aliphatic rings. The highest BCUT2D eigenvalue weighted by Gasteiger charge is 2.31. The minimum atomic E-state index is -3.51. The van der Waals surface area contributed by atoms with E-state index in [-0.39, 0.29) is 16.5 Å². The highest BCUT2D eigenvalue weighted by Crippen LogP contribution is 2.32. The zero-order chi connectivity index (χ0) is 26.2. The quantitative estimate of drug-likeness (QED) is 0.356. The number of benzene rings is 3. The third-order valence-corrected chi connectivity index (χ3v) is 7.41. The molecule has 0 saturated carbocycles. The maximum Gasteiger partial charge on any atom is 0.340 e. The molecule has 11 heteroatoms. The number of H-pyrrole nitrogens is 2. The number of sulfone groups is 1. The van der Waals surface area contributed by atoms with Crippen LogP contribution in [0.25, 0.3) is 22.5 Å². The maximum absolute atomic E-state index is 15.3. The van der Waals surface area contributed by atoms with E-state index in [0.29, 0.717) is 47.6 Å². The van der Waals surface area contributed by atoms with Crippen LogP contribution in [-0.2, 0) is 14.6 Å². The SMILES string of the molecule is CS(=O)(=O)c1ccccc1-c1ccc(N2CCCC(Nc3cccc(-c4n[nH]c(=O)[nH]4)c3)C2=O)c(F)c1. The van der Waals surface area contributed by atoms with Gasteiger partial charge in [-0.3, -0.25) is 9.78 Å². The number of carbonyl (C=O) groups excluding carboxylic acids is 1. The van der Waals surface area contributed by atoms with Crippen LogP contribution >= 0.6 is 0 Å². The van der Waals surface area contributed by atoms with Gasteiger partial charge in [-0.2, -0.15) is 5.10 Å². The third kappa shape index (κ3) is 5.03. The van der Waals surface area contributed by atoms with E-state index in [0.717, 1.165) is 6.26 Å². The van der Waals surface area contributed by atoms with Crippen LogP contribution in [0.4, 0.5) is 15.8 Å². The minimum Gasteiger partial charge on any atom is -0.374 e. The number of hydrogen-bond acceptors (Lipinski definition) is 6. The Bertz CT molecular complexity index is 1650. The van der Waals surface area contributed by atoms with Gasteiger partial charge in [0.05, 0.1) is 10.6 Å². The summed E-state index contributed by atoms with van der Waals surface area (Å²) in [6, 6.07) is 17.4. The Kier molecular flexibility index (Phi) is 6.38. The smallest absolute Gasteiger partial charge is 0.340 e. The van der Waals surface area contributed by atoms with Crippen LogP contribution in [0.1, 0.15) is 12.8 Å². The number of aromatic nitrogens is 3. The van der Waals surface area contributed by atoms with Crippen molar-refractivity contribution in [2.45, 2.75) is 23.8 Å². The van der Waals surface area contributed by atoms with Gasteiger partial charge >= 0.3 is 5.69 Å². The van der Waals surface area contributed by atoms with Gasteiger partial charge in [-0.15, -0.1) is 0 Å². The van der Waals surface area contributed by atoms with Crippen molar-refractivity contribution >= 4 is 27.1 Å². The monoisotopic (exact) mass is 521 g/mol. The van der Waals surface area contributed by atoms with E-state index < -0.39 is 27.4 Å². The largest absolute Gasteiger partial charge is 0.374 e. The third-order valence-electron chi connectivity index (χ3n) is 6.25. The topological polar surface area (TPSA) is 128 Å². The number of aromatic amines is 2. The van der Waals surface area contributed by atoms with Crippen LogP contribution in [0.15, 0.2) is 76.4 Å². The highest BCUT2D eigenvalue weighted by atomic mass is 32.2. The zero-order valence-electron chi connectivity index (χ0n) is 19.9. The fraction of sp³-hybridized carbons (Fsp3) is 0.192. The highest BCUT2D eigenvalue weighted by molar-refractivity contribution is 7.90. The molecule has 3 aromatic carbocycles. The molecule has 1 unspecified atom stereocenters. The number of amides is 1. The Balaban J connectivity index is 1.38. The number of carbonyl (C=O) groups is 1. The standard InChI is InChI=1S/C26H24FN5O4S/c1-37(35,36)23-10-3-2-8-19(23)16-11-12-22(20(27)15-16)32-13-5-9-21(25(32)33)28-18-7-4-6-17(14-18)24-29-26(34)31-30-24/h2-4,6-8,10-12,14-15,21,28H,5,9,13H2,1H3,(H2,29,30,31,34).